The maximum atomic E-state index is 10.9. The lowest BCUT2D eigenvalue weighted by molar-refractivity contribution is -0.121. The standard InChI is InChI=1S/C7H15NO/c1-4-7(9)6(2)5-8-3/h6,8H,4-5H2,1-3H3. The zero-order valence-corrected chi connectivity index (χ0v) is 6.40. The topological polar surface area (TPSA) is 29.1 Å². The molecule has 0 saturated carbocycles. The molecule has 1 unspecified atom stereocenters. The van der Waals surface area contributed by atoms with Crippen LogP contribution in [0.25, 0.3) is 0 Å². The maximum Gasteiger partial charge on any atom is 0.136 e. The van der Waals surface area contributed by atoms with Gasteiger partial charge in [0, 0.05) is 18.9 Å². The molecule has 0 heterocycles. The number of rotatable bonds is 4. The molecule has 0 spiro atoms. The SMILES string of the molecule is CCC(=O)C(C)CNC. The molecule has 1 N–H and O–H groups in total. The zero-order chi connectivity index (χ0) is 7.28. The quantitative estimate of drug-likeness (QED) is 0.609. The van der Waals surface area contributed by atoms with Gasteiger partial charge >= 0.3 is 0 Å². The predicted octanol–water partition coefficient (Wildman–Crippen LogP) is 0.821. The van der Waals surface area contributed by atoms with Crippen molar-refractivity contribution >= 4 is 5.78 Å². The fourth-order valence-corrected chi connectivity index (χ4v) is 0.768. The van der Waals surface area contributed by atoms with Crippen LogP contribution in [0.2, 0.25) is 0 Å². The molecule has 0 aromatic carbocycles. The lowest BCUT2D eigenvalue weighted by atomic mass is 10.1. The average molecular weight is 129 g/mol. The van der Waals surface area contributed by atoms with E-state index in [0.29, 0.717) is 12.2 Å². The number of hydrogen-bond donors (Lipinski definition) is 1. The van der Waals surface area contributed by atoms with Crippen LogP contribution < -0.4 is 5.32 Å². The third-order valence-corrected chi connectivity index (χ3v) is 1.41. The molecule has 2 heteroatoms. The van der Waals surface area contributed by atoms with Crippen LogP contribution in [-0.4, -0.2) is 19.4 Å². The molecule has 0 radical (unpaired) electrons. The van der Waals surface area contributed by atoms with Gasteiger partial charge in [-0.25, -0.2) is 0 Å². The van der Waals surface area contributed by atoms with Gasteiger partial charge in [-0.2, -0.15) is 0 Å². The van der Waals surface area contributed by atoms with Crippen molar-refractivity contribution in [2.24, 2.45) is 5.92 Å². The second-order valence-corrected chi connectivity index (χ2v) is 2.28. The lowest BCUT2D eigenvalue weighted by Gasteiger charge is -2.06. The van der Waals surface area contributed by atoms with E-state index in [1.165, 1.54) is 0 Å². The van der Waals surface area contributed by atoms with Gasteiger partial charge in [-0.3, -0.25) is 4.79 Å². The minimum absolute atomic E-state index is 0.181. The first-order valence-corrected chi connectivity index (χ1v) is 3.39. The highest BCUT2D eigenvalue weighted by atomic mass is 16.1. The Labute approximate surface area is 56.6 Å². The van der Waals surface area contributed by atoms with Crippen LogP contribution in [0.5, 0.6) is 0 Å². The monoisotopic (exact) mass is 129 g/mol. The Morgan fingerprint density at radius 1 is 1.67 bits per heavy atom. The molecule has 0 aliphatic heterocycles. The van der Waals surface area contributed by atoms with E-state index >= 15 is 0 Å². The van der Waals surface area contributed by atoms with Gasteiger partial charge in [0.2, 0.25) is 0 Å². The summed E-state index contributed by atoms with van der Waals surface area (Å²) in [7, 11) is 1.86. The largest absolute Gasteiger partial charge is 0.319 e. The fourth-order valence-electron chi connectivity index (χ4n) is 0.768. The van der Waals surface area contributed by atoms with Crippen LogP contribution in [-0.2, 0) is 4.79 Å². The predicted molar refractivity (Wildman–Crippen MR) is 38.4 cm³/mol. The number of ketones is 1. The number of carbonyl (C=O) groups excluding carboxylic acids is 1. The first-order chi connectivity index (χ1) is 4.22. The smallest absolute Gasteiger partial charge is 0.136 e. The highest BCUT2D eigenvalue weighted by Crippen LogP contribution is 1.96. The minimum Gasteiger partial charge on any atom is -0.319 e. The van der Waals surface area contributed by atoms with E-state index in [0.717, 1.165) is 6.54 Å². The summed E-state index contributed by atoms with van der Waals surface area (Å²) in [5.41, 5.74) is 0. The second kappa shape index (κ2) is 4.50. The van der Waals surface area contributed by atoms with Crippen molar-refractivity contribution in [3.63, 3.8) is 0 Å². The minimum atomic E-state index is 0.181. The van der Waals surface area contributed by atoms with E-state index < -0.39 is 0 Å². The summed E-state index contributed by atoms with van der Waals surface area (Å²) >= 11 is 0. The normalized spacial score (nSPS) is 13.2. The molecule has 0 saturated heterocycles. The van der Waals surface area contributed by atoms with Gasteiger partial charge in [0.05, 0.1) is 0 Å². The van der Waals surface area contributed by atoms with Crippen LogP contribution in [0.4, 0.5) is 0 Å². The highest BCUT2D eigenvalue weighted by Gasteiger charge is 2.07. The van der Waals surface area contributed by atoms with Crippen LogP contribution >= 0.6 is 0 Å². The Balaban J connectivity index is 3.45. The summed E-state index contributed by atoms with van der Waals surface area (Å²) in [6.07, 6.45) is 0.656. The van der Waals surface area contributed by atoms with Gasteiger partial charge in [0.15, 0.2) is 0 Å². The van der Waals surface area contributed by atoms with E-state index in [-0.39, 0.29) is 5.92 Å². The molecule has 0 amide bonds. The molecule has 0 rings (SSSR count). The van der Waals surface area contributed by atoms with Crippen molar-refractivity contribution < 1.29 is 4.79 Å². The average Bonchev–Trinajstić information content (AvgIpc) is 1.87. The summed E-state index contributed by atoms with van der Waals surface area (Å²) in [6.45, 7) is 4.64. The van der Waals surface area contributed by atoms with E-state index in [9.17, 15) is 4.79 Å². The van der Waals surface area contributed by atoms with Crippen molar-refractivity contribution in [2.45, 2.75) is 20.3 Å². The highest BCUT2D eigenvalue weighted by molar-refractivity contribution is 5.80. The number of carbonyl (C=O) groups is 1. The summed E-state index contributed by atoms with van der Waals surface area (Å²) < 4.78 is 0. The van der Waals surface area contributed by atoms with Gasteiger partial charge in [-0.05, 0) is 7.05 Å². The van der Waals surface area contributed by atoms with Crippen molar-refractivity contribution in [3.05, 3.63) is 0 Å². The second-order valence-electron chi connectivity index (χ2n) is 2.28. The van der Waals surface area contributed by atoms with Gasteiger partial charge < -0.3 is 5.32 Å². The molecule has 0 bridgehead atoms. The Morgan fingerprint density at radius 3 is 2.56 bits per heavy atom. The van der Waals surface area contributed by atoms with Crippen LogP contribution in [0.15, 0.2) is 0 Å². The van der Waals surface area contributed by atoms with Crippen molar-refractivity contribution in [2.75, 3.05) is 13.6 Å². The Kier molecular flexibility index (Phi) is 4.32. The van der Waals surface area contributed by atoms with Crippen molar-refractivity contribution in [1.29, 1.82) is 0 Å². The molecule has 1 atom stereocenters. The molecule has 0 aromatic rings. The molecular formula is C7H15NO. The Morgan fingerprint density at radius 2 is 2.22 bits per heavy atom. The summed E-state index contributed by atoms with van der Waals surface area (Å²) in [5.74, 6) is 0.518. The Hall–Kier alpha value is -0.370. The van der Waals surface area contributed by atoms with E-state index in [2.05, 4.69) is 5.32 Å². The summed E-state index contributed by atoms with van der Waals surface area (Å²) in [4.78, 5) is 10.9. The molecular weight excluding hydrogens is 114 g/mol. The van der Waals surface area contributed by atoms with Crippen LogP contribution in [0.3, 0.4) is 0 Å². The van der Waals surface area contributed by atoms with Crippen molar-refractivity contribution in [3.8, 4) is 0 Å². The molecule has 54 valence electrons. The summed E-state index contributed by atoms with van der Waals surface area (Å²) in [5, 5.41) is 2.96. The first-order valence-electron chi connectivity index (χ1n) is 3.39. The third kappa shape index (κ3) is 3.25. The molecule has 0 fully saturated rings. The van der Waals surface area contributed by atoms with Gasteiger partial charge in [-0.15, -0.1) is 0 Å². The Bertz CT molecular complexity index is 90.9. The number of hydrogen-bond acceptors (Lipinski definition) is 2. The van der Waals surface area contributed by atoms with E-state index in [1.54, 1.807) is 0 Å². The third-order valence-electron chi connectivity index (χ3n) is 1.41. The summed E-state index contributed by atoms with van der Waals surface area (Å²) in [6, 6.07) is 0. The number of Topliss-reactive ketones (excluding diaryl/α,β-unsaturated/α-hetero) is 1. The lowest BCUT2D eigenvalue weighted by Crippen LogP contribution is -2.22. The molecule has 2 nitrogen and oxygen atoms in total. The van der Waals surface area contributed by atoms with E-state index in [4.69, 9.17) is 0 Å². The number of nitrogens with one attached hydrogen (secondary N) is 1. The first kappa shape index (κ1) is 8.63. The van der Waals surface area contributed by atoms with Gasteiger partial charge in [0.25, 0.3) is 0 Å². The maximum absolute atomic E-state index is 10.9. The van der Waals surface area contributed by atoms with Crippen LogP contribution in [0.1, 0.15) is 20.3 Å². The molecule has 0 aliphatic carbocycles. The zero-order valence-electron chi connectivity index (χ0n) is 6.40. The van der Waals surface area contributed by atoms with Gasteiger partial charge in [-0.1, -0.05) is 13.8 Å². The molecule has 0 aliphatic rings. The fraction of sp³-hybridized carbons (Fsp3) is 0.857. The van der Waals surface area contributed by atoms with Gasteiger partial charge in [0.1, 0.15) is 5.78 Å². The molecule has 0 aromatic heterocycles. The van der Waals surface area contributed by atoms with E-state index in [1.807, 2.05) is 20.9 Å². The molecule has 9 heavy (non-hydrogen) atoms. The van der Waals surface area contributed by atoms with Crippen LogP contribution in [0, 0.1) is 5.92 Å². The van der Waals surface area contributed by atoms with Crippen molar-refractivity contribution in [1.82, 2.24) is 5.32 Å².